The van der Waals surface area contributed by atoms with Gasteiger partial charge in [-0.25, -0.2) is 0 Å². The third-order valence-electron chi connectivity index (χ3n) is 2.59. The Balaban J connectivity index is 2.11. The maximum absolute atomic E-state index is 12.2. The molecule has 0 spiro atoms. The number of nitrogens with one attached hydrogen (secondary N) is 1. The van der Waals surface area contributed by atoms with Crippen LogP contribution in [0.15, 0.2) is 30.3 Å². The van der Waals surface area contributed by atoms with Crippen molar-refractivity contribution in [1.82, 2.24) is 0 Å². The summed E-state index contributed by atoms with van der Waals surface area (Å²) < 4.78 is 29.9. The molecule has 0 aliphatic heterocycles. The van der Waals surface area contributed by atoms with Gasteiger partial charge in [-0.3, -0.25) is 0 Å². The van der Waals surface area contributed by atoms with Gasteiger partial charge in [0.15, 0.2) is 0 Å². The highest BCUT2D eigenvalue weighted by Gasteiger charge is 2.13. The first-order valence-electron chi connectivity index (χ1n) is 5.72. The molecule has 1 N–H and O–H groups in total. The summed E-state index contributed by atoms with van der Waals surface area (Å²) in [5.74, 6) is 0.103. The number of anilines is 1. The Morgan fingerprint density at radius 1 is 1.25 bits per heavy atom. The van der Waals surface area contributed by atoms with E-state index in [0.717, 1.165) is 5.56 Å². The van der Waals surface area contributed by atoms with Crippen molar-refractivity contribution in [3.8, 4) is 5.75 Å². The first-order chi connectivity index (χ1) is 9.45. The Bertz CT molecular complexity index is 592. The molecule has 7 heteroatoms. The van der Waals surface area contributed by atoms with Gasteiger partial charge in [-0.05, 0) is 25.1 Å². The predicted molar refractivity (Wildman–Crippen MR) is 79.5 cm³/mol. The lowest BCUT2D eigenvalue weighted by Crippen LogP contribution is -2.07. The van der Waals surface area contributed by atoms with E-state index in [1.54, 1.807) is 18.2 Å². The van der Waals surface area contributed by atoms with Crippen molar-refractivity contribution >= 4 is 40.2 Å². The van der Waals surface area contributed by atoms with Gasteiger partial charge in [0, 0.05) is 17.3 Å². The standard InChI is InChI=1S/C13H11Cl2F2NOS/c1-7(10-6-11(14)20-12(10)15)18-8-3-2-4-9(5-8)19-13(16)17/h2-7,13,18H,1H3. The number of hydrogen-bond acceptors (Lipinski definition) is 3. The fraction of sp³-hybridized carbons (Fsp3) is 0.231. The maximum Gasteiger partial charge on any atom is 0.387 e. The molecule has 0 radical (unpaired) electrons. The van der Waals surface area contributed by atoms with Crippen LogP contribution < -0.4 is 10.1 Å². The zero-order chi connectivity index (χ0) is 14.7. The number of ether oxygens (including phenoxy) is 1. The van der Waals surface area contributed by atoms with Crippen molar-refractivity contribution in [3.05, 3.63) is 44.6 Å². The van der Waals surface area contributed by atoms with E-state index in [1.165, 1.54) is 23.5 Å². The summed E-state index contributed by atoms with van der Waals surface area (Å²) in [7, 11) is 0. The third-order valence-corrected chi connectivity index (χ3v) is 4.11. The molecule has 108 valence electrons. The largest absolute Gasteiger partial charge is 0.435 e. The third kappa shape index (κ3) is 3.98. The number of alkyl halides is 2. The fourth-order valence-electron chi connectivity index (χ4n) is 1.74. The van der Waals surface area contributed by atoms with Gasteiger partial charge in [-0.1, -0.05) is 29.3 Å². The number of benzene rings is 1. The molecule has 1 atom stereocenters. The highest BCUT2D eigenvalue weighted by atomic mass is 35.5. The van der Waals surface area contributed by atoms with E-state index >= 15 is 0 Å². The number of halogens is 4. The second kappa shape index (κ2) is 6.61. The summed E-state index contributed by atoms with van der Waals surface area (Å²) in [4.78, 5) is 0. The molecule has 0 amide bonds. The molecule has 0 aliphatic rings. The Hall–Kier alpha value is -1.04. The van der Waals surface area contributed by atoms with Crippen LogP contribution in [0.4, 0.5) is 14.5 Å². The van der Waals surface area contributed by atoms with Crippen molar-refractivity contribution in [2.75, 3.05) is 5.32 Å². The van der Waals surface area contributed by atoms with Crippen LogP contribution >= 0.6 is 34.5 Å². The molecule has 2 nitrogen and oxygen atoms in total. The van der Waals surface area contributed by atoms with Crippen LogP contribution in [0.25, 0.3) is 0 Å². The monoisotopic (exact) mass is 337 g/mol. The molecule has 1 aromatic heterocycles. The molecule has 0 saturated carbocycles. The van der Waals surface area contributed by atoms with Gasteiger partial charge >= 0.3 is 6.61 Å². The van der Waals surface area contributed by atoms with Crippen LogP contribution in [-0.2, 0) is 0 Å². The number of thiophene rings is 1. The molecule has 2 aromatic rings. The van der Waals surface area contributed by atoms with Crippen LogP contribution in [0, 0.1) is 0 Å². The van der Waals surface area contributed by atoms with Crippen LogP contribution in [0.1, 0.15) is 18.5 Å². The molecule has 0 fully saturated rings. The Morgan fingerprint density at radius 3 is 2.60 bits per heavy atom. The average molecular weight is 338 g/mol. The van der Waals surface area contributed by atoms with Gasteiger partial charge in [0.2, 0.25) is 0 Å². The minimum absolute atomic E-state index is 0.103. The zero-order valence-corrected chi connectivity index (χ0v) is 12.7. The molecule has 20 heavy (non-hydrogen) atoms. The van der Waals surface area contributed by atoms with Crippen molar-refractivity contribution in [2.45, 2.75) is 19.6 Å². The van der Waals surface area contributed by atoms with Crippen LogP contribution in [0.5, 0.6) is 5.75 Å². The summed E-state index contributed by atoms with van der Waals surface area (Å²) in [5, 5.41) is 3.16. The van der Waals surface area contributed by atoms with Crippen molar-refractivity contribution in [2.24, 2.45) is 0 Å². The molecule has 1 unspecified atom stereocenters. The van der Waals surface area contributed by atoms with Crippen molar-refractivity contribution < 1.29 is 13.5 Å². The summed E-state index contributed by atoms with van der Waals surface area (Å²) in [6, 6.07) is 8.05. The van der Waals surface area contributed by atoms with E-state index < -0.39 is 6.61 Å². The maximum atomic E-state index is 12.2. The zero-order valence-electron chi connectivity index (χ0n) is 10.4. The van der Waals surface area contributed by atoms with Gasteiger partial charge in [-0.2, -0.15) is 8.78 Å². The quantitative estimate of drug-likeness (QED) is 0.741. The lowest BCUT2D eigenvalue weighted by Gasteiger charge is -2.15. The van der Waals surface area contributed by atoms with E-state index in [2.05, 4.69) is 10.1 Å². The van der Waals surface area contributed by atoms with E-state index in [1.807, 2.05) is 6.92 Å². The van der Waals surface area contributed by atoms with Crippen LogP contribution in [0.2, 0.25) is 8.67 Å². The Morgan fingerprint density at radius 2 is 2.00 bits per heavy atom. The highest BCUT2D eigenvalue weighted by Crippen LogP contribution is 2.36. The van der Waals surface area contributed by atoms with Crippen molar-refractivity contribution in [3.63, 3.8) is 0 Å². The summed E-state index contributed by atoms with van der Waals surface area (Å²) in [6.45, 7) is -0.932. The Labute approximate surface area is 129 Å². The van der Waals surface area contributed by atoms with Crippen molar-refractivity contribution in [1.29, 1.82) is 0 Å². The normalized spacial score (nSPS) is 12.5. The minimum atomic E-state index is -2.84. The average Bonchev–Trinajstić information content (AvgIpc) is 2.68. The first kappa shape index (κ1) is 15.4. The topological polar surface area (TPSA) is 21.3 Å². The van der Waals surface area contributed by atoms with E-state index in [0.29, 0.717) is 14.4 Å². The van der Waals surface area contributed by atoms with Crippen LogP contribution in [0.3, 0.4) is 0 Å². The SMILES string of the molecule is CC(Nc1cccc(OC(F)F)c1)c1cc(Cl)sc1Cl. The van der Waals surface area contributed by atoms with E-state index in [-0.39, 0.29) is 11.8 Å². The van der Waals surface area contributed by atoms with Crippen LogP contribution in [-0.4, -0.2) is 6.61 Å². The van der Waals surface area contributed by atoms with Gasteiger partial charge in [0.05, 0.1) is 14.7 Å². The molecule has 0 saturated heterocycles. The summed E-state index contributed by atoms with van der Waals surface area (Å²) in [5.41, 5.74) is 1.52. The molecule has 2 rings (SSSR count). The molecule has 0 bridgehead atoms. The lowest BCUT2D eigenvalue weighted by molar-refractivity contribution is -0.0498. The van der Waals surface area contributed by atoms with Gasteiger partial charge in [0.1, 0.15) is 5.75 Å². The molecule has 1 aromatic carbocycles. The Kier molecular flexibility index (Phi) is 5.07. The lowest BCUT2D eigenvalue weighted by atomic mass is 10.1. The molecular weight excluding hydrogens is 327 g/mol. The van der Waals surface area contributed by atoms with Gasteiger partial charge < -0.3 is 10.1 Å². The minimum Gasteiger partial charge on any atom is -0.435 e. The smallest absolute Gasteiger partial charge is 0.387 e. The number of hydrogen-bond donors (Lipinski definition) is 1. The highest BCUT2D eigenvalue weighted by molar-refractivity contribution is 7.20. The molecule has 1 heterocycles. The molecule has 0 aliphatic carbocycles. The van der Waals surface area contributed by atoms with E-state index in [9.17, 15) is 8.78 Å². The fourth-order valence-corrected chi connectivity index (χ4v) is 3.38. The van der Waals surface area contributed by atoms with Gasteiger partial charge in [0.25, 0.3) is 0 Å². The molecular formula is C13H11Cl2F2NOS. The predicted octanol–water partition coefficient (Wildman–Crippen LogP) is 5.83. The van der Waals surface area contributed by atoms with E-state index in [4.69, 9.17) is 23.2 Å². The van der Waals surface area contributed by atoms with Gasteiger partial charge in [-0.15, -0.1) is 11.3 Å². The summed E-state index contributed by atoms with van der Waals surface area (Å²) in [6.07, 6.45) is 0. The second-order valence-corrected chi connectivity index (χ2v) is 6.34. The summed E-state index contributed by atoms with van der Waals surface area (Å²) >= 11 is 13.3. The second-order valence-electron chi connectivity index (χ2n) is 4.05. The first-order valence-corrected chi connectivity index (χ1v) is 7.29. The number of rotatable bonds is 5.